The molecule has 0 radical (unpaired) electrons. The van der Waals surface area contributed by atoms with E-state index in [2.05, 4.69) is 10.2 Å². The fourth-order valence-corrected chi connectivity index (χ4v) is 4.63. The molecule has 9 heteroatoms. The highest BCUT2D eigenvalue weighted by Crippen LogP contribution is 2.29. The number of sulfonamides is 1. The Morgan fingerprint density at radius 1 is 1.23 bits per heavy atom. The molecular formula is C17H25N3O5S. The lowest BCUT2D eigenvalue weighted by atomic mass is 10.1. The van der Waals surface area contributed by atoms with Crippen LogP contribution >= 0.6 is 0 Å². The Bertz CT molecular complexity index is 745. The van der Waals surface area contributed by atoms with Crippen molar-refractivity contribution in [2.24, 2.45) is 0 Å². The third-order valence-electron chi connectivity index (χ3n) is 4.56. The third-order valence-corrected chi connectivity index (χ3v) is 6.51. The summed E-state index contributed by atoms with van der Waals surface area (Å²) in [5.74, 6) is 0.660. The van der Waals surface area contributed by atoms with Crippen LogP contribution in [-0.4, -0.2) is 75.8 Å². The molecule has 26 heavy (non-hydrogen) atoms. The van der Waals surface area contributed by atoms with E-state index in [1.54, 1.807) is 11.4 Å². The first-order valence-electron chi connectivity index (χ1n) is 8.72. The standard InChI is InChI=1S/C17H25N3O5S/c1-24-9-2-10-26(22,23)20-7-5-19(6-8-20)12-14-3-4-16-15(11-14)18-17(21)13-25-16/h3-4,11H,2,5-10,12-13H2,1H3,(H,18,21). The van der Waals surface area contributed by atoms with E-state index in [0.29, 0.717) is 57.2 Å². The number of hydrogen-bond acceptors (Lipinski definition) is 6. The smallest absolute Gasteiger partial charge is 0.262 e. The molecule has 2 aliphatic rings. The van der Waals surface area contributed by atoms with Crippen molar-refractivity contribution < 1.29 is 22.7 Å². The number of hydrogen-bond donors (Lipinski definition) is 1. The van der Waals surface area contributed by atoms with E-state index in [1.807, 2.05) is 18.2 Å². The fourth-order valence-electron chi connectivity index (χ4n) is 3.17. The van der Waals surface area contributed by atoms with E-state index in [0.717, 1.165) is 5.56 Å². The number of amides is 1. The number of ether oxygens (including phenoxy) is 2. The van der Waals surface area contributed by atoms with Crippen LogP contribution in [0.1, 0.15) is 12.0 Å². The minimum Gasteiger partial charge on any atom is -0.482 e. The van der Waals surface area contributed by atoms with Crippen molar-refractivity contribution in [1.82, 2.24) is 9.21 Å². The number of nitrogens with zero attached hydrogens (tertiary/aromatic N) is 2. The largest absolute Gasteiger partial charge is 0.482 e. The van der Waals surface area contributed by atoms with E-state index in [9.17, 15) is 13.2 Å². The van der Waals surface area contributed by atoms with Gasteiger partial charge in [0.15, 0.2) is 6.61 Å². The quantitative estimate of drug-likeness (QED) is 0.690. The van der Waals surface area contributed by atoms with E-state index >= 15 is 0 Å². The highest BCUT2D eigenvalue weighted by Gasteiger charge is 2.26. The number of rotatable bonds is 7. The zero-order valence-corrected chi connectivity index (χ0v) is 15.8. The number of fused-ring (bicyclic) bond motifs is 1. The van der Waals surface area contributed by atoms with Gasteiger partial charge in [-0.1, -0.05) is 6.07 Å². The number of carbonyl (C=O) groups is 1. The van der Waals surface area contributed by atoms with Crippen molar-refractivity contribution in [2.75, 3.05) is 57.6 Å². The van der Waals surface area contributed by atoms with Crippen LogP contribution in [0.15, 0.2) is 18.2 Å². The second kappa shape index (κ2) is 8.34. The fraction of sp³-hybridized carbons (Fsp3) is 0.588. The van der Waals surface area contributed by atoms with Crippen LogP contribution in [0.2, 0.25) is 0 Å². The molecule has 0 saturated carbocycles. The van der Waals surface area contributed by atoms with Gasteiger partial charge in [0, 0.05) is 46.4 Å². The van der Waals surface area contributed by atoms with Gasteiger partial charge in [0.25, 0.3) is 5.91 Å². The number of piperazine rings is 1. The van der Waals surface area contributed by atoms with Gasteiger partial charge in [-0.05, 0) is 24.1 Å². The predicted octanol–water partition coefficient (Wildman–Crippen LogP) is 0.501. The summed E-state index contributed by atoms with van der Waals surface area (Å²) in [4.78, 5) is 13.7. The summed E-state index contributed by atoms with van der Waals surface area (Å²) in [6.07, 6.45) is 0.516. The molecule has 1 fully saturated rings. The number of carbonyl (C=O) groups excluding carboxylic acids is 1. The van der Waals surface area contributed by atoms with Crippen molar-refractivity contribution in [3.05, 3.63) is 23.8 Å². The first-order chi connectivity index (χ1) is 12.5. The summed E-state index contributed by atoms with van der Waals surface area (Å²) in [5, 5.41) is 2.81. The average molecular weight is 383 g/mol. The van der Waals surface area contributed by atoms with E-state index < -0.39 is 10.0 Å². The highest BCUT2D eigenvalue weighted by atomic mass is 32.2. The number of benzene rings is 1. The summed E-state index contributed by atoms with van der Waals surface area (Å²) in [6, 6.07) is 5.76. The number of anilines is 1. The van der Waals surface area contributed by atoms with E-state index in [1.165, 1.54) is 0 Å². The van der Waals surface area contributed by atoms with Gasteiger partial charge in [-0.25, -0.2) is 8.42 Å². The summed E-state index contributed by atoms with van der Waals surface area (Å²) in [7, 11) is -1.63. The van der Waals surface area contributed by atoms with Gasteiger partial charge >= 0.3 is 0 Å². The van der Waals surface area contributed by atoms with Crippen molar-refractivity contribution >= 4 is 21.6 Å². The minimum absolute atomic E-state index is 0.0488. The topological polar surface area (TPSA) is 88.2 Å². The molecule has 1 aromatic rings. The van der Waals surface area contributed by atoms with Gasteiger partial charge in [0.2, 0.25) is 10.0 Å². The van der Waals surface area contributed by atoms with Crippen LogP contribution in [0.5, 0.6) is 5.75 Å². The second-order valence-corrected chi connectivity index (χ2v) is 8.59. The molecule has 0 atom stereocenters. The monoisotopic (exact) mass is 383 g/mol. The molecule has 3 rings (SSSR count). The lowest BCUT2D eigenvalue weighted by Crippen LogP contribution is -2.48. The van der Waals surface area contributed by atoms with Gasteiger partial charge in [0.05, 0.1) is 11.4 Å². The Labute approximate surface area is 154 Å². The van der Waals surface area contributed by atoms with Gasteiger partial charge in [-0.3, -0.25) is 9.69 Å². The number of methoxy groups -OCH3 is 1. The Balaban J connectivity index is 1.53. The summed E-state index contributed by atoms with van der Waals surface area (Å²) in [5.41, 5.74) is 1.75. The molecule has 1 aromatic carbocycles. The molecule has 1 saturated heterocycles. The van der Waals surface area contributed by atoms with Crippen LogP contribution in [0.3, 0.4) is 0 Å². The number of nitrogens with one attached hydrogen (secondary N) is 1. The predicted molar refractivity (Wildman–Crippen MR) is 97.7 cm³/mol. The van der Waals surface area contributed by atoms with Crippen LogP contribution < -0.4 is 10.1 Å². The third kappa shape index (κ3) is 4.73. The van der Waals surface area contributed by atoms with Gasteiger partial charge in [-0.2, -0.15) is 4.31 Å². The van der Waals surface area contributed by atoms with E-state index in [-0.39, 0.29) is 18.3 Å². The zero-order valence-electron chi connectivity index (χ0n) is 14.9. The molecule has 2 heterocycles. The highest BCUT2D eigenvalue weighted by molar-refractivity contribution is 7.89. The Hall–Kier alpha value is -1.68. The minimum atomic E-state index is -3.21. The normalized spacial score (nSPS) is 18.9. The van der Waals surface area contributed by atoms with Gasteiger partial charge in [-0.15, -0.1) is 0 Å². The van der Waals surface area contributed by atoms with Crippen molar-refractivity contribution in [3.8, 4) is 5.75 Å². The Kier molecular flexibility index (Phi) is 6.13. The maximum absolute atomic E-state index is 12.3. The van der Waals surface area contributed by atoms with Crippen LogP contribution in [-0.2, 0) is 26.1 Å². The summed E-state index contributed by atoms with van der Waals surface area (Å²) in [6.45, 7) is 3.58. The molecule has 0 aromatic heterocycles. The first kappa shape index (κ1) is 19.1. The molecule has 8 nitrogen and oxygen atoms in total. The van der Waals surface area contributed by atoms with Crippen molar-refractivity contribution in [3.63, 3.8) is 0 Å². The van der Waals surface area contributed by atoms with Crippen molar-refractivity contribution in [1.29, 1.82) is 0 Å². The zero-order chi connectivity index (χ0) is 18.6. The molecule has 2 aliphatic heterocycles. The molecular weight excluding hydrogens is 358 g/mol. The van der Waals surface area contributed by atoms with E-state index in [4.69, 9.17) is 9.47 Å². The maximum Gasteiger partial charge on any atom is 0.262 e. The molecule has 0 bridgehead atoms. The lowest BCUT2D eigenvalue weighted by molar-refractivity contribution is -0.118. The molecule has 0 spiro atoms. The van der Waals surface area contributed by atoms with Crippen LogP contribution in [0.4, 0.5) is 5.69 Å². The average Bonchev–Trinajstić information content (AvgIpc) is 2.62. The Morgan fingerprint density at radius 2 is 2.00 bits per heavy atom. The van der Waals surface area contributed by atoms with Gasteiger partial charge in [0.1, 0.15) is 5.75 Å². The molecule has 1 N–H and O–H groups in total. The Morgan fingerprint density at radius 3 is 2.73 bits per heavy atom. The van der Waals surface area contributed by atoms with Gasteiger partial charge < -0.3 is 14.8 Å². The van der Waals surface area contributed by atoms with Crippen LogP contribution in [0, 0.1) is 0 Å². The van der Waals surface area contributed by atoms with Crippen LogP contribution in [0.25, 0.3) is 0 Å². The first-order valence-corrected chi connectivity index (χ1v) is 10.3. The summed E-state index contributed by atoms with van der Waals surface area (Å²) < 4.78 is 36.5. The van der Waals surface area contributed by atoms with Crippen molar-refractivity contribution in [2.45, 2.75) is 13.0 Å². The maximum atomic E-state index is 12.3. The second-order valence-electron chi connectivity index (χ2n) is 6.50. The summed E-state index contributed by atoms with van der Waals surface area (Å²) >= 11 is 0. The molecule has 1 amide bonds. The lowest BCUT2D eigenvalue weighted by Gasteiger charge is -2.34. The molecule has 144 valence electrons. The SMILES string of the molecule is COCCCS(=O)(=O)N1CCN(Cc2ccc3c(c2)NC(=O)CO3)CC1. The molecule has 0 aliphatic carbocycles. The molecule has 0 unspecified atom stereocenters.